The third-order valence-corrected chi connectivity index (χ3v) is 5.72. The number of hydrogen-bond donors (Lipinski definition) is 1. The maximum absolute atomic E-state index is 12.8. The first kappa shape index (κ1) is 23.1. The monoisotopic (exact) mass is 451 g/mol. The molecular formula is C25H25NO5S. The molecule has 3 rings (SSSR count). The van der Waals surface area contributed by atoms with E-state index in [0.717, 1.165) is 21.6 Å². The fraction of sp³-hybridized carbons (Fsp3) is 0.200. The largest absolute Gasteiger partial charge is 0.493 e. The molecule has 7 heteroatoms. The van der Waals surface area contributed by atoms with Crippen LogP contribution >= 0.6 is 11.3 Å². The quantitative estimate of drug-likeness (QED) is 0.358. The average Bonchev–Trinajstić information content (AvgIpc) is 3.13. The Kier molecular flexibility index (Phi) is 7.68. The van der Waals surface area contributed by atoms with Crippen LogP contribution in [0.2, 0.25) is 0 Å². The zero-order valence-corrected chi connectivity index (χ0v) is 19.2. The zero-order chi connectivity index (χ0) is 23.1. The highest BCUT2D eigenvalue weighted by Crippen LogP contribution is 2.40. The van der Waals surface area contributed by atoms with Crippen LogP contribution in [0.5, 0.6) is 11.5 Å². The Bertz CT molecular complexity index is 1130. The molecule has 0 fully saturated rings. The standard InChI is InChI=1S/C25H25NO5S/c1-5-31-25(28)23-22(18-9-7-6-8-10-18)16(2)32-24(23)26-21(27)14-12-17-11-13-19(29-3)20(15-17)30-4/h6-15H,5H2,1-4H3,(H,26,27). The van der Waals surface area contributed by atoms with Gasteiger partial charge in [0.2, 0.25) is 5.91 Å². The summed E-state index contributed by atoms with van der Waals surface area (Å²) in [7, 11) is 3.12. The molecule has 2 aromatic carbocycles. The highest BCUT2D eigenvalue weighted by Gasteiger charge is 2.25. The minimum absolute atomic E-state index is 0.245. The number of aryl methyl sites for hydroxylation is 1. The lowest BCUT2D eigenvalue weighted by Crippen LogP contribution is -2.12. The van der Waals surface area contributed by atoms with Crippen molar-refractivity contribution in [1.29, 1.82) is 0 Å². The van der Waals surface area contributed by atoms with E-state index in [1.54, 1.807) is 39.4 Å². The van der Waals surface area contributed by atoms with Crippen molar-refractivity contribution >= 4 is 34.3 Å². The molecule has 0 radical (unpaired) electrons. The number of amides is 1. The molecule has 6 nitrogen and oxygen atoms in total. The van der Waals surface area contributed by atoms with E-state index < -0.39 is 5.97 Å². The Morgan fingerprint density at radius 3 is 2.41 bits per heavy atom. The SMILES string of the molecule is CCOC(=O)c1c(NC(=O)C=Cc2ccc(OC)c(OC)c2)sc(C)c1-c1ccccc1. The number of carbonyl (C=O) groups is 2. The van der Waals surface area contributed by atoms with E-state index in [-0.39, 0.29) is 12.5 Å². The predicted molar refractivity (Wildman–Crippen MR) is 128 cm³/mol. The van der Waals surface area contributed by atoms with Gasteiger partial charge < -0.3 is 19.5 Å². The van der Waals surface area contributed by atoms with Gasteiger partial charge in [0.1, 0.15) is 10.6 Å². The van der Waals surface area contributed by atoms with E-state index in [2.05, 4.69) is 5.32 Å². The molecule has 0 saturated carbocycles. The van der Waals surface area contributed by atoms with Crippen molar-refractivity contribution in [1.82, 2.24) is 0 Å². The lowest BCUT2D eigenvalue weighted by atomic mass is 10.0. The Balaban J connectivity index is 1.89. The van der Waals surface area contributed by atoms with Crippen molar-refractivity contribution < 1.29 is 23.8 Å². The number of hydrogen-bond acceptors (Lipinski definition) is 6. The van der Waals surface area contributed by atoms with Crippen LogP contribution in [0, 0.1) is 6.92 Å². The van der Waals surface area contributed by atoms with Crippen molar-refractivity contribution in [2.75, 3.05) is 26.1 Å². The van der Waals surface area contributed by atoms with Crippen molar-refractivity contribution in [2.24, 2.45) is 0 Å². The number of rotatable bonds is 8. The van der Waals surface area contributed by atoms with Crippen LogP contribution < -0.4 is 14.8 Å². The highest BCUT2D eigenvalue weighted by atomic mass is 32.1. The summed E-state index contributed by atoms with van der Waals surface area (Å²) in [4.78, 5) is 26.3. The van der Waals surface area contributed by atoms with Gasteiger partial charge in [0.15, 0.2) is 11.5 Å². The van der Waals surface area contributed by atoms with Gasteiger partial charge in [-0.05, 0) is 43.2 Å². The van der Waals surface area contributed by atoms with Crippen molar-refractivity contribution in [3.05, 3.63) is 70.6 Å². The zero-order valence-electron chi connectivity index (χ0n) is 18.4. The van der Waals surface area contributed by atoms with Crippen LogP contribution in [0.15, 0.2) is 54.6 Å². The summed E-state index contributed by atoms with van der Waals surface area (Å²) in [5.41, 5.74) is 2.81. The van der Waals surface area contributed by atoms with Crippen LogP contribution in [-0.2, 0) is 9.53 Å². The number of methoxy groups -OCH3 is 2. The summed E-state index contributed by atoms with van der Waals surface area (Å²) in [6.45, 7) is 3.92. The number of benzene rings is 2. The molecule has 3 aromatic rings. The number of esters is 1. The molecule has 0 bridgehead atoms. The molecule has 0 aliphatic rings. The van der Waals surface area contributed by atoms with E-state index in [1.807, 2.05) is 43.3 Å². The van der Waals surface area contributed by atoms with Crippen LogP contribution in [0.25, 0.3) is 17.2 Å². The van der Waals surface area contributed by atoms with Crippen molar-refractivity contribution in [3.63, 3.8) is 0 Å². The fourth-order valence-electron chi connectivity index (χ4n) is 3.27. The number of thiophene rings is 1. The smallest absolute Gasteiger partial charge is 0.341 e. The number of carbonyl (C=O) groups excluding carboxylic acids is 2. The molecule has 1 N–H and O–H groups in total. The van der Waals surface area contributed by atoms with Gasteiger partial charge >= 0.3 is 5.97 Å². The second kappa shape index (κ2) is 10.6. The van der Waals surface area contributed by atoms with E-state index in [1.165, 1.54) is 17.4 Å². The van der Waals surface area contributed by atoms with Gasteiger partial charge in [-0.3, -0.25) is 4.79 Å². The molecule has 166 valence electrons. The molecule has 0 aliphatic carbocycles. The van der Waals surface area contributed by atoms with Gasteiger partial charge in [-0.2, -0.15) is 0 Å². The summed E-state index contributed by atoms with van der Waals surface area (Å²) >= 11 is 1.35. The lowest BCUT2D eigenvalue weighted by molar-refractivity contribution is -0.111. The molecule has 0 spiro atoms. The van der Waals surface area contributed by atoms with Crippen LogP contribution in [0.1, 0.15) is 27.7 Å². The third-order valence-electron chi connectivity index (χ3n) is 4.70. The van der Waals surface area contributed by atoms with E-state index in [4.69, 9.17) is 14.2 Å². The minimum Gasteiger partial charge on any atom is -0.493 e. The van der Waals surface area contributed by atoms with Crippen molar-refractivity contribution in [3.8, 4) is 22.6 Å². The second-order valence-corrected chi connectivity index (χ2v) is 7.99. The molecule has 0 unspecified atom stereocenters. The summed E-state index contributed by atoms with van der Waals surface area (Å²) in [5, 5.41) is 3.30. The molecule has 1 heterocycles. The van der Waals surface area contributed by atoms with Crippen LogP contribution in [0.4, 0.5) is 5.00 Å². The Hall–Kier alpha value is -3.58. The number of nitrogens with one attached hydrogen (secondary N) is 1. The Labute approximate surface area is 191 Å². The summed E-state index contributed by atoms with van der Waals surface area (Å²) < 4.78 is 15.8. The molecule has 0 atom stereocenters. The average molecular weight is 452 g/mol. The first-order chi connectivity index (χ1) is 15.5. The van der Waals surface area contributed by atoms with E-state index in [9.17, 15) is 9.59 Å². The van der Waals surface area contributed by atoms with Crippen LogP contribution in [-0.4, -0.2) is 32.7 Å². The van der Waals surface area contributed by atoms with E-state index in [0.29, 0.717) is 22.1 Å². The van der Waals surface area contributed by atoms with Crippen LogP contribution in [0.3, 0.4) is 0 Å². The van der Waals surface area contributed by atoms with Gasteiger partial charge in [-0.1, -0.05) is 36.4 Å². The Morgan fingerprint density at radius 1 is 1.03 bits per heavy atom. The lowest BCUT2D eigenvalue weighted by Gasteiger charge is -2.09. The summed E-state index contributed by atoms with van der Waals surface area (Å²) in [6, 6.07) is 15.0. The van der Waals surface area contributed by atoms with Gasteiger partial charge in [0, 0.05) is 16.5 Å². The van der Waals surface area contributed by atoms with Gasteiger partial charge in [-0.25, -0.2) is 4.79 Å². The topological polar surface area (TPSA) is 73.9 Å². The normalized spacial score (nSPS) is 10.8. The highest BCUT2D eigenvalue weighted by molar-refractivity contribution is 7.17. The molecule has 0 aliphatic heterocycles. The molecule has 0 saturated heterocycles. The predicted octanol–water partition coefficient (Wildman–Crippen LogP) is 5.57. The second-order valence-electron chi connectivity index (χ2n) is 6.76. The minimum atomic E-state index is -0.463. The van der Waals surface area contributed by atoms with Gasteiger partial charge in [-0.15, -0.1) is 11.3 Å². The number of ether oxygens (including phenoxy) is 3. The maximum Gasteiger partial charge on any atom is 0.341 e. The molecule has 1 aromatic heterocycles. The van der Waals surface area contributed by atoms with Gasteiger partial charge in [0.05, 0.1) is 20.8 Å². The molecule has 1 amide bonds. The van der Waals surface area contributed by atoms with Gasteiger partial charge in [0.25, 0.3) is 0 Å². The molecular weight excluding hydrogens is 426 g/mol. The summed E-state index contributed by atoms with van der Waals surface area (Å²) in [5.74, 6) is 0.359. The summed E-state index contributed by atoms with van der Waals surface area (Å²) in [6.07, 6.45) is 3.08. The first-order valence-electron chi connectivity index (χ1n) is 10.1. The fourth-order valence-corrected chi connectivity index (χ4v) is 4.33. The van der Waals surface area contributed by atoms with Crippen molar-refractivity contribution in [2.45, 2.75) is 13.8 Å². The molecule has 32 heavy (non-hydrogen) atoms. The van der Waals surface area contributed by atoms with E-state index >= 15 is 0 Å². The third kappa shape index (κ3) is 5.18. The number of anilines is 1. The Morgan fingerprint density at radius 2 is 1.75 bits per heavy atom. The maximum atomic E-state index is 12.8. The first-order valence-corrected chi connectivity index (χ1v) is 10.9.